The Balaban J connectivity index is 1.86. The van der Waals surface area contributed by atoms with Crippen LogP contribution < -0.4 is 10.1 Å². The van der Waals surface area contributed by atoms with Gasteiger partial charge in [0.25, 0.3) is 0 Å². The van der Waals surface area contributed by atoms with Crippen molar-refractivity contribution in [2.45, 2.75) is 19.5 Å². The summed E-state index contributed by atoms with van der Waals surface area (Å²) < 4.78 is 61.3. The molecule has 0 radical (unpaired) electrons. The average molecular weight is 484 g/mol. The molecule has 0 amide bonds. The first kappa shape index (κ1) is 24.5. The van der Waals surface area contributed by atoms with E-state index in [2.05, 4.69) is 15.5 Å². The molecule has 0 aliphatic heterocycles. The van der Waals surface area contributed by atoms with Crippen molar-refractivity contribution in [3.63, 3.8) is 0 Å². The van der Waals surface area contributed by atoms with Crippen molar-refractivity contribution >= 4 is 22.0 Å². The fourth-order valence-corrected chi connectivity index (χ4v) is 3.96. The topological polar surface area (TPSA) is 49.9 Å². The highest BCUT2D eigenvalue weighted by molar-refractivity contribution is 6.00. The number of H-pyrrole nitrogens is 1. The van der Waals surface area contributed by atoms with Gasteiger partial charge < -0.3 is 10.1 Å². The van der Waals surface area contributed by atoms with Crippen LogP contribution in [0.1, 0.15) is 30.0 Å². The second kappa shape index (κ2) is 10.7. The Morgan fingerprint density at radius 2 is 1.66 bits per heavy atom. The van der Waals surface area contributed by atoms with E-state index in [9.17, 15) is 17.6 Å². The first-order valence-electron chi connectivity index (χ1n) is 11.3. The van der Waals surface area contributed by atoms with E-state index in [0.717, 1.165) is 6.54 Å². The molecule has 2 N–H and O–H groups in total. The van der Waals surface area contributed by atoms with Crippen LogP contribution >= 0.6 is 0 Å². The van der Waals surface area contributed by atoms with Crippen molar-refractivity contribution in [3.05, 3.63) is 95.4 Å². The van der Waals surface area contributed by atoms with Crippen LogP contribution in [0.2, 0.25) is 0 Å². The molecule has 4 rings (SSSR count). The molecule has 0 aliphatic rings. The van der Waals surface area contributed by atoms with Crippen LogP contribution in [-0.4, -0.2) is 36.1 Å². The predicted octanol–water partition coefficient (Wildman–Crippen LogP) is 6.60. The van der Waals surface area contributed by atoms with E-state index in [4.69, 9.17) is 4.74 Å². The van der Waals surface area contributed by atoms with E-state index in [0.29, 0.717) is 46.7 Å². The molecule has 0 unspecified atom stereocenters. The zero-order valence-electron chi connectivity index (χ0n) is 19.1. The molecular formula is C27H25F4N3O. The lowest BCUT2D eigenvalue weighted by molar-refractivity contribution is -0.122. The summed E-state index contributed by atoms with van der Waals surface area (Å²) in [5.74, 6) is -0.0258. The molecule has 4 nitrogen and oxygen atoms in total. The molecule has 1 heterocycles. The number of rotatable bonds is 9. The van der Waals surface area contributed by atoms with E-state index >= 15 is 0 Å². The number of hydrogen-bond donors (Lipinski definition) is 2. The highest BCUT2D eigenvalue weighted by Crippen LogP contribution is 2.40. The summed E-state index contributed by atoms with van der Waals surface area (Å²) >= 11 is 0. The lowest BCUT2D eigenvalue weighted by atomic mass is 9.87. The van der Waals surface area contributed by atoms with Gasteiger partial charge in [0.15, 0.2) is 0 Å². The van der Waals surface area contributed by atoms with E-state index in [1.54, 1.807) is 66.7 Å². The molecule has 4 aromatic rings. The number of hydrogen-bond acceptors (Lipinski definition) is 3. The van der Waals surface area contributed by atoms with Crippen molar-refractivity contribution < 1.29 is 22.3 Å². The van der Waals surface area contributed by atoms with E-state index in [1.165, 1.54) is 6.07 Å². The normalized spacial score (nSPS) is 12.6. The van der Waals surface area contributed by atoms with Crippen LogP contribution in [0.4, 0.5) is 17.6 Å². The van der Waals surface area contributed by atoms with Crippen molar-refractivity contribution in [2.75, 3.05) is 19.7 Å². The standard InChI is InChI=1S/C27H25F4N3O/c1-2-32-14-15-35-21-11-8-19(9-12-21)25(20-10-13-24-22(16-20)26(28)34-33-24)23(17-27(29,30)31)18-6-4-3-5-7-18/h3-13,16,32H,2,14-15,17H2,1H3,(H,33,34)/b25-23+. The fraction of sp³-hybridized carbons (Fsp3) is 0.222. The van der Waals surface area contributed by atoms with Gasteiger partial charge in [0.2, 0.25) is 5.95 Å². The molecule has 35 heavy (non-hydrogen) atoms. The Hall–Kier alpha value is -3.65. The van der Waals surface area contributed by atoms with Gasteiger partial charge in [-0.05, 0) is 58.6 Å². The minimum Gasteiger partial charge on any atom is -0.492 e. The Morgan fingerprint density at radius 1 is 0.943 bits per heavy atom. The van der Waals surface area contributed by atoms with Gasteiger partial charge in [-0.3, -0.25) is 5.10 Å². The first-order chi connectivity index (χ1) is 16.9. The third kappa shape index (κ3) is 6.08. The number of alkyl halides is 3. The number of halogens is 4. The summed E-state index contributed by atoms with van der Waals surface area (Å²) in [4.78, 5) is 0. The lowest BCUT2D eigenvalue weighted by Gasteiger charge is -2.19. The maximum atomic E-state index is 14.3. The number of likely N-dealkylation sites (N-methyl/N-ethyl adjacent to an activating group) is 1. The number of aromatic amines is 1. The van der Waals surface area contributed by atoms with Crippen molar-refractivity contribution in [1.29, 1.82) is 0 Å². The van der Waals surface area contributed by atoms with Crippen LogP contribution in [0.25, 0.3) is 22.0 Å². The van der Waals surface area contributed by atoms with E-state index < -0.39 is 18.5 Å². The Bertz CT molecular complexity index is 1300. The monoisotopic (exact) mass is 483 g/mol. The molecule has 3 aromatic carbocycles. The van der Waals surface area contributed by atoms with Gasteiger partial charge in [0.05, 0.1) is 17.3 Å². The summed E-state index contributed by atoms with van der Waals surface area (Å²) in [5.41, 5.74) is 2.33. The highest BCUT2D eigenvalue weighted by atomic mass is 19.4. The third-order valence-corrected chi connectivity index (χ3v) is 5.54. The number of benzene rings is 3. The minimum atomic E-state index is -4.45. The van der Waals surface area contributed by atoms with Gasteiger partial charge in [-0.25, -0.2) is 0 Å². The zero-order chi connectivity index (χ0) is 24.8. The molecule has 0 bridgehead atoms. The second-order valence-electron chi connectivity index (χ2n) is 8.01. The molecule has 0 atom stereocenters. The maximum Gasteiger partial charge on any atom is 0.393 e. The van der Waals surface area contributed by atoms with Gasteiger partial charge >= 0.3 is 6.18 Å². The molecule has 8 heteroatoms. The molecule has 0 spiro atoms. The number of allylic oxidation sites excluding steroid dienone is 1. The summed E-state index contributed by atoms with van der Waals surface area (Å²) in [6, 6.07) is 20.2. The zero-order valence-corrected chi connectivity index (χ0v) is 19.1. The minimum absolute atomic E-state index is 0.0992. The van der Waals surface area contributed by atoms with Crippen molar-refractivity contribution in [3.8, 4) is 5.75 Å². The molecule has 0 fully saturated rings. The predicted molar refractivity (Wildman–Crippen MR) is 130 cm³/mol. The van der Waals surface area contributed by atoms with Crippen LogP contribution in [-0.2, 0) is 0 Å². The van der Waals surface area contributed by atoms with Crippen LogP contribution in [0.3, 0.4) is 0 Å². The largest absolute Gasteiger partial charge is 0.492 e. The number of ether oxygens (including phenoxy) is 1. The molecule has 0 aliphatic carbocycles. The molecular weight excluding hydrogens is 458 g/mol. The second-order valence-corrected chi connectivity index (χ2v) is 8.01. The third-order valence-electron chi connectivity index (χ3n) is 5.54. The number of aromatic nitrogens is 2. The smallest absolute Gasteiger partial charge is 0.393 e. The quantitative estimate of drug-likeness (QED) is 0.160. The van der Waals surface area contributed by atoms with Crippen LogP contribution in [0.15, 0.2) is 72.8 Å². The van der Waals surface area contributed by atoms with E-state index in [-0.39, 0.29) is 11.0 Å². The highest BCUT2D eigenvalue weighted by Gasteiger charge is 2.31. The van der Waals surface area contributed by atoms with Gasteiger partial charge in [-0.15, -0.1) is 0 Å². The number of nitrogens with one attached hydrogen (secondary N) is 2. The molecule has 0 saturated heterocycles. The lowest BCUT2D eigenvalue weighted by Crippen LogP contribution is -2.20. The summed E-state index contributed by atoms with van der Waals surface area (Å²) in [6.45, 7) is 3.99. The van der Waals surface area contributed by atoms with E-state index in [1.807, 2.05) is 6.92 Å². The SMILES string of the molecule is CCNCCOc1ccc(/C(=C(/CC(F)(F)F)c2ccccc2)c2ccc3n[nH]c(F)c3c2)cc1. The van der Waals surface area contributed by atoms with Crippen molar-refractivity contribution in [1.82, 2.24) is 15.5 Å². The van der Waals surface area contributed by atoms with Crippen LogP contribution in [0.5, 0.6) is 5.75 Å². The first-order valence-corrected chi connectivity index (χ1v) is 11.3. The van der Waals surface area contributed by atoms with Gasteiger partial charge in [0.1, 0.15) is 12.4 Å². The fourth-order valence-electron chi connectivity index (χ4n) is 3.96. The summed E-state index contributed by atoms with van der Waals surface area (Å²) in [5, 5.41) is 9.55. The van der Waals surface area contributed by atoms with Gasteiger partial charge in [0, 0.05) is 6.54 Å². The molecule has 0 saturated carbocycles. The van der Waals surface area contributed by atoms with Crippen molar-refractivity contribution in [2.24, 2.45) is 0 Å². The van der Waals surface area contributed by atoms with Crippen LogP contribution in [0, 0.1) is 5.95 Å². The van der Waals surface area contributed by atoms with Gasteiger partial charge in [-0.2, -0.15) is 22.7 Å². The maximum absolute atomic E-state index is 14.3. The number of nitrogens with zero attached hydrogens (tertiary/aromatic N) is 1. The molecule has 182 valence electrons. The Labute approximate surface area is 200 Å². The summed E-state index contributed by atoms with van der Waals surface area (Å²) in [7, 11) is 0. The average Bonchev–Trinajstić information content (AvgIpc) is 3.22. The Morgan fingerprint density at radius 3 is 2.34 bits per heavy atom. The Kier molecular flexibility index (Phi) is 7.51. The molecule has 1 aromatic heterocycles. The van der Waals surface area contributed by atoms with Gasteiger partial charge in [-0.1, -0.05) is 55.5 Å². The number of fused-ring (bicyclic) bond motifs is 1. The summed E-state index contributed by atoms with van der Waals surface area (Å²) in [6.07, 6.45) is -5.59.